The highest BCUT2D eigenvalue weighted by atomic mass is 16.2. The van der Waals surface area contributed by atoms with Gasteiger partial charge in [-0.05, 0) is 26.8 Å². The summed E-state index contributed by atoms with van der Waals surface area (Å²) in [4.78, 5) is 24.9. The molecule has 0 saturated carbocycles. The fourth-order valence-electron chi connectivity index (χ4n) is 1.77. The standard InChI is InChI=1S/C13H23N3O2/c1-9(2)13(11(4)17)15-12(18)8-16(5)7-10(3)6-14/h9-10,13H,7-8H2,1-5H3,(H,15,18). The minimum atomic E-state index is -0.431. The summed E-state index contributed by atoms with van der Waals surface area (Å²) in [5, 5.41) is 11.4. The highest BCUT2D eigenvalue weighted by Crippen LogP contribution is 2.03. The molecule has 5 nitrogen and oxygen atoms in total. The summed E-state index contributed by atoms with van der Waals surface area (Å²) in [6, 6.07) is 1.69. The van der Waals surface area contributed by atoms with Gasteiger partial charge < -0.3 is 5.32 Å². The van der Waals surface area contributed by atoms with Crippen LogP contribution in [0.2, 0.25) is 0 Å². The van der Waals surface area contributed by atoms with Crippen molar-refractivity contribution in [3.63, 3.8) is 0 Å². The first-order valence-electron chi connectivity index (χ1n) is 6.15. The Morgan fingerprint density at radius 1 is 1.33 bits per heavy atom. The molecule has 0 saturated heterocycles. The molecule has 2 unspecified atom stereocenters. The maximum absolute atomic E-state index is 11.8. The van der Waals surface area contributed by atoms with Crippen molar-refractivity contribution in [2.45, 2.75) is 33.7 Å². The van der Waals surface area contributed by atoms with E-state index in [1.54, 1.807) is 18.9 Å². The number of Topliss-reactive ketones (excluding diaryl/α,β-unsaturated/α-hetero) is 1. The Morgan fingerprint density at radius 3 is 2.28 bits per heavy atom. The molecule has 5 heteroatoms. The molecule has 0 aliphatic carbocycles. The lowest BCUT2D eigenvalue weighted by atomic mass is 10.0. The summed E-state index contributed by atoms with van der Waals surface area (Å²) < 4.78 is 0. The van der Waals surface area contributed by atoms with E-state index < -0.39 is 6.04 Å². The summed E-state index contributed by atoms with van der Waals surface area (Å²) in [6.45, 7) is 7.81. The average Bonchev–Trinajstić information content (AvgIpc) is 2.24. The molecule has 102 valence electrons. The number of hydrogen-bond acceptors (Lipinski definition) is 4. The smallest absolute Gasteiger partial charge is 0.234 e. The van der Waals surface area contributed by atoms with Gasteiger partial charge in [-0.3, -0.25) is 14.5 Å². The lowest BCUT2D eigenvalue weighted by Gasteiger charge is -2.22. The van der Waals surface area contributed by atoms with Crippen molar-refractivity contribution in [1.82, 2.24) is 10.2 Å². The van der Waals surface area contributed by atoms with Crippen molar-refractivity contribution >= 4 is 11.7 Å². The molecule has 0 radical (unpaired) electrons. The predicted molar refractivity (Wildman–Crippen MR) is 69.7 cm³/mol. The van der Waals surface area contributed by atoms with Crippen molar-refractivity contribution in [2.75, 3.05) is 20.1 Å². The normalized spacial score (nSPS) is 14.1. The predicted octanol–water partition coefficient (Wildman–Crippen LogP) is 0.808. The number of hydrogen-bond donors (Lipinski definition) is 1. The Bertz CT molecular complexity index is 334. The largest absolute Gasteiger partial charge is 0.345 e. The number of likely N-dealkylation sites (N-methyl/N-ethyl adjacent to an activating group) is 1. The topological polar surface area (TPSA) is 73.2 Å². The van der Waals surface area contributed by atoms with Gasteiger partial charge in [0.25, 0.3) is 0 Å². The molecule has 1 amide bonds. The van der Waals surface area contributed by atoms with Crippen molar-refractivity contribution in [3.05, 3.63) is 0 Å². The highest BCUT2D eigenvalue weighted by molar-refractivity contribution is 5.88. The van der Waals surface area contributed by atoms with E-state index in [-0.39, 0.29) is 30.1 Å². The van der Waals surface area contributed by atoms with Gasteiger partial charge in [0, 0.05) is 6.54 Å². The molecular formula is C13H23N3O2. The Hall–Kier alpha value is -1.41. The van der Waals surface area contributed by atoms with Crippen LogP contribution >= 0.6 is 0 Å². The number of rotatable bonds is 7. The first kappa shape index (κ1) is 16.6. The van der Waals surface area contributed by atoms with Gasteiger partial charge in [-0.1, -0.05) is 13.8 Å². The molecular weight excluding hydrogens is 230 g/mol. The van der Waals surface area contributed by atoms with Crippen LogP contribution < -0.4 is 5.32 Å². The second-order valence-electron chi connectivity index (χ2n) is 5.13. The third-order valence-corrected chi connectivity index (χ3v) is 2.64. The van der Waals surface area contributed by atoms with Crippen LogP contribution in [0.15, 0.2) is 0 Å². The Morgan fingerprint density at radius 2 is 1.89 bits per heavy atom. The first-order valence-corrected chi connectivity index (χ1v) is 6.15. The third-order valence-electron chi connectivity index (χ3n) is 2.64. The van der Waals surface area contributed by atoms with Crippen molar-refractivity contribution in [1.29, 1.82) is 5.26 Å². The monoisotopic (exact) mass is 253 g/mol. The van der Waals surface area contributed by atoms with Crippen LogP contribution in [-0.4, -0.2) is 42.8 Å². The lowest BCUT2D eigenvalue weighted by molar-refractivity contribution is -0.128. The number of nitriles is 1. The second kappa shape index (κ2) is 7.83. The number of carbonyl (C=O) groups excluding carboxylic acids is 2. The molecule has 2 atom stereocenters. The van der Waals surface area contributed by atoms with Gasteiger partial charge in [0.2, 0.25) is 5.91 Å². The number of amides is 1. The van der Waals surface area contributed by atoms with E-state index in [4.69, 9.17) is 5.26 Å². The molecule has 0 rings (SSSR count). The zero-order chi connectivity index (χ0) is 14.3. The fourth-order valence-corrected chi connectivity index (χ4v) is 1.77. The Kier molecular flexibility index (Phi) is 7.21. The third kappa shape index (κ3) is 6.36. The lowest BCUT2D eigenvalue weighted by Crippen LogP contribution is -2.47. The molecule has 0 fully saturated rings. The average molecular weight is 253 g/mol. The van der Waals surface area contributed by atoms with Gasteiger partial charge in [-0.2, -0.15) is 5.26 Å². The van der Waals surface area contributed by atoms with Crippen LogP contribution in [0.4, 0.5) is 0 Å². The Balaban J connectivity index is 4.25. The van der Waals surface area contributed by atoms with Crippen LogP contribution in [0, 0.1) is 23.2 Å². The van der Waals surface area contributed by atoms with Crippen molar-refractivity contribution in [2.24, 2.45) is 11.8 Å². The van der Waals surface area contributed by atoms with Gasteiger partial charge in [0.1, 0.15) is 0 Å². The summed E-state index contributed by atoms with van der Waals surface area (Å²) in [5.41, 5.74) is 0. The molecule has 0 aromatic rings. The van der Waals surface area contributed by atoms with E-state index >= 15 is 0 Å². The SMILES string of the molecule is CC(=O)C(NC(=O)CN(C)CC(C)C#N)C(C)C. The molecule has 0 aromatic carbocycles. The second-order valence-corrected chi connectivity index (χ2v) is 5.13. The van der Waals surface area contributed by atoms with E-state index in [1.165, 1.54) is 6.92 Å². The van der Waals surface area contributed by atoms with E-state index in [2.05, 4.69) is 11.4 Å². The number of nitrogens with one attached hydrogen (secondary N) is 1. The summed E-state index contributed by atoms with van der Waals surface area (Å²) in [5.74, 6) is -0.255. The molecule has 0 aromatic heterocycles. The Labute approximate surface area is 109 Å². The van der Waals surface area contributed by atoms with E-state index in [0.29, 0.717) is 6.54 Å². The minimum absolute atomic E-state index is 0.0357. The van der Waals surface area contributed by atoms with Crippen LogP contribution in [-0.2, 0) is 9.59 Å². The van der Waals surface area contributed by atoms with Gasteiger partial charge in [0.15, 0.2) is 5.78 Å². The van der Waals surface area contributed by atoms with Gasteiger partial charge in [0.05, 0.1) is 24.6 Å². The molecule has 0 aliphatic heterocycles. The van der Waals surface area contributed by atoms with E-state index in [9.17, 15) is 9.59 Å². The first-order chi connectivity index (χ1) is 8.27. The quantitative estimate of drug-likeness (QED) is 0.728. The van der Waals surface area contributed by atoms with E-state index in [0.717, 1.165) is 0 Å². The summed E-state index contributed by atoms with van der Waals surface area (Å²) >= 11 is 0. The van der Waals surface area contributed by atoms with Gasteiger partial charge >= 0.3 is 0 Å². The molecule has 18 heavy (non-hydrogen) atoms. The van der Waals surface area contributed by atoms with E-state index in [1.807, 2.05) is 13.8 Å². The molecule has 0 aliphatic rings. The van der Waals surface area contributed by atoms with Crippen molar-refractivity contribution in [3.8, 4) is 6.07 Å². The van der Waals surface area contributed by atoms with Crippen LogP contribution in [0.3, 0.4) is 0 Å². The fraction of sp³-hybridized carbons (Fsp3) is 0.769. The van der Waals surface area contributed by atoms with Crippen LogP contribution in [0.5, 0.6) is 0 Å². The van der Waals surface area contributed by atoms with Crippen LogP contribution in [0.25, 0.3) is 0 Å². The minimum Gasteiger partial charge on any atom is -0.345 e. The maximum Gasteiger partial charge on any atom is 0.234 e. The number of carbonyl (C=O) groups is 2. The zero-order valence-electron chi connectivity index (χ0n) is 11.9. The number of ketones is 1. The van der Waals surface area contributed by atoms with Crippen LogP contribution in [0.1, 0.15) is 27.7 Å². The summed E-state index contributed by atoms with van der Waals surface area (Å²) in [6.07, 6.45) is 0. The van der Waals surface area contributed by atoms with Gasteiger partial charge in [-0.25, -0.2) is 0 Å². The van der Waals surface area contributed by atoms with Crippen molar-refractivity contribution < 1.29 is 9.59 Å². The molecule has 0 heterocycles. The highest BCUT2D eigenvalue weighted by Gasteiger charge is 2.21. The zero-order valence-corrected chi connectivity index (χ0v) is 11.9. The number of nitrogens with zero attached hydrogens (tertiary/aromatic N) is 2. The molecule has 1 N–H and O–H groups in total. The van der Waals surface area contributed by atoms with Gasteiger partial charge in [-0.15, -0.1) is 0 Å². The summed E-state index contributed by atoms with van der Waals surface area (Å²) in [7, 11) is 1.78. The molecule has 0 spiro atoms. The molecule has 0 bridgehead atoms. The maximum atomic E-state index is 11.8.